The first kappa shape index (κ1) is 35.4. The van der Waals surface area contributed by atoms with Gasteiger partial charge in [0.15, 0.2) is 0 Å². The number of piperazine rings is 1. The number of nitrogens with zero attached hydrogens (tertiary/aromatic N) is 5. The zero-order chi connectivity index (χ0) is 35.5. The Morgan fingerprint density at radius 1 is 1.02 bits per heavy atom. The molecule has 0 saturated carbocycles. The lowest BCUT2D eigenvalue weighted by Gasteiger charge is -2.38. The molecule has 2 aromatic carbocycles. The lowest BCUT2D eigenvalue weighted by molar-refractivity contribution is -0.129. The molecule has 6 rings (SSSR count). The quantitative estimate of drug-likeness (QED) is 0.232. The molecular formula is C40H49N5O5. The Bertz CT molecular complexity index is 1850. The molecule has 3 aromatic rings. The van der Waals surface area contributed by atoms with Gasteiger partial charge in [-0.1, -0.05) is 24.3 Å². The average molecular weight is 680 g/mol. The fraction of sp³-hybridized carbons (Fsp3) is 0.475. The van der Waals surface area contributed by atoms with E-state index in [0.29, 0.717) is 26.3 Å². The molecule has 4 heterocycles. The van der Waals surface area contributed by atoms with Crippen LogP contribution in [0.25, 0.3) is 11.1 Å². The number of hydrogen-bond acceptors (Lipinski definition) is 8. The van der Waals surface area contributed by atoms with Crippen molar-refractivity contribution in [3.8, 4) is 28.7 Å². The van der Waals surface area contributed by atoms with Crippen LogP contribution < -0.4 is 15.0 Å². The Balaban J connectivity index is 1.11. The summed E-state index contributed by atoms with van der Waals surface area (Å²) in [6.07, 6.45) is 5.32. The van der Waals surface area contributed by atoms with Crippen molar-refractivity contribution >= 4 is 5.91 Å². The first-order valence-corrected chi connectivity index (χ1v) is 17.6. The van der Waals surface area contributed by atoms with E-state index < -0.39 is 0 Å². The number of carbonyl (C=O) groups is 1. The van der Waals surface area contributed by atoms with Crippen LogP contribution >= 0.6 is 0 Å². The number of pyridine rings is 1. The van der Waals surface area contributed by atoms with E-state index in [-0.39, 0.29) is 29.0 Å². The average Bonchev–Trinajstić information content (AvgIpc) is 3.65. The van der Waals surface area contributed by atoms with Gasteiger partial charge in [-0.05, 0) is 73.6 Å². The molecule has 2 fully saturated rings. The molecule has 2 atom stereocenters. The van der Waals surface area contributed by atoms with Crippen molar-refractivity contribution in [1.82, 2.24) is 19.3 Å². The number of nitriles is 1. The smallest absolute Gasteiger partial charge is 0.264 e. The highest BCUT2D eigenvalue weighted by atomic mass is 16.5. The van der Waals surface area contributed by atoms with Gasteiger partial charge >= 0.3 is 0 Å². The second-order valence-corrected chi connectivity index (χ2v) is 13.8. The number of carbonyl (C=O) groups excluding carboxylic acids is 1. The van der Waals surface area contributed by atoms with Crippen molar-refractivity contribution < 1.29 is 19.0 Å². The van der Waals surface area contributed by atoms with Crippen LogP contribution in [0.1, 0.15) is 52.8 Å². The third-order valence-corrected chi connectivity index (χ3v) is 10.9. The second-order valence-electron chi connectivity index (χ2n) is 13.8. The van der Waals surface area contributed by atoms with Gasteiger partial charge in [0.05, 0.1) is 32.4 Å². The number of aromatic nitrogens is 1. The van der Waals surface area contributed by atoms with Gasteiger partial charge < -0.3 is 23.7 Å². The summed E-state index contributed by atoms with van der Waals surface area (Å²) in [5, 5.41) is 9.80. The molecule has 3 aliphatic heterocycles. The van der Waals surface area contributed by atoms with Gasteiger partial charge in [-0.15, -0.1) is 0 Å². The molecule has 0 N–H and O–H groups in total. The lowest BCUT2D eigenvalue weighted by atomic mass is 9.89. The minimum Gasteiger partial charge on any atom is -0.496 e. The van der Waals surface area contributed by atoms with Gasteiger partial charge in [0.2, 0.25) is 0 Å². The van der Waals surface area contributed by atoms with Crippen LogP contribution in [0.2, 0.25) is 0 Å². The lowest BCUT2D eigenvalue weighted by Crippen LogP contribution is -2.45. The van der Waals surface area contributed by atoms with Crippen molar-refractivity contribution in [2.24, 2.45) is 13.0 Å². The van der Waals surface area contributed by atoms with Gasteiger partial charge in [-0.2, -0.15) is 5.26 Å². The Kier molecular flexibility index (Phi) is 10.8. The van der Waals surface area contributed by atoms with E-state index >= 15 is 0 Å². The van der Waals surface area contributed by atoms with Gasteiger partial charge in [0.25, 0.3) is 11.5 Å². The first-order chi connectivity index (χ1) is 24.1. The molecule has 10 nitrogen and oxygen atoms in total. The summed E-state index contributed by atoms with van der Waals surface area (Å²) in [6, 6.07) is 12.6. The third kappa shape index (κ3) is 7.08. The van der Waals surface area contributed by atoms with Gasteiger partial charge in [0, 0.05) is 82.7 Å². The Hall–Kier alpha value is -4.43. The van der Waals surface area contributed by atoms with Crippen LogP contribution in [0.15, 0.2) is 53.0 Å². The molecule has 2 saturated heterocycles. The molecule has 3 aliphatic rings. The van der Waals surface area contributed by atoms with Gasteiger partial charge in [-0.3, -0.25) is 19.4 Å². The largest absolute Gasteiger partial charge is 0.496 e. The molecule has 1 amide bonds. The summed E-state index contributed by atoms with van der Waals surface area (Å²) in [5.74, 6) is 1.49. The normalized spacial score (nSPS) is 20.0. The summed E-state index contributed by atoms with van der Waals surface area (Å²) in [4.78, 5) is 32.8. The highest BCUT2D eigenvalue weighted by Crippen LogP contribution is 2.38. The highest BCUT2D eigenvalue weighted by Gasteiger charge is 2.32. The van der Waals surface area contributed by atoms with Gasteiger partial charge in [0.1, 0.15) is 23.1 Å². The summed E-state index contributed by atoms with van der Waals surface area (Å²) >= 11 is 0. The van der Waals surface area contributed by atoms with E-state index in [2.05, 4.69) is 53.1 Å². The maximum atomic E-state index is 13.5. The Morgan fingerprint density at radius 3 is 2.32 bits per heavy atom. The van der Waals surface area contributed by atoms with Crippen LogP contribution in [0.3, 0.4) is 0 Å². The summed E-state index contributed by atoms with van der Waals surface area (Å²) in [5.41, 5.74) is 8.70. The molecule has 10 heteroatoms. The molecule has 0 spiro atoms. The number of rotatable bonds is 9. The van der Waals surface area contributed by atoms with E-state index in [9.17, 15) is 14.9 Å². The fourth-order valence-electron chi connectivity index (χ4n) is 7.73. The number of benzene rings is 2. The Morgan fingerprint density at radius 2 is 1.70 bits per heavy atom. The second kappa shape index (κ2) is 15.2. The zero-order valence-electron chi connectivity index (χ0n) is 30.3. The molecule has 0 radical (unpaired) electrons. The standard InChI is InChI=1S/C40H49N5O5/c1-26-27(2)39(46)42(4)23-35(26)31-19-37(48-5)36(38(20-31)49-6)24-44-15-13-43(14-16-44)22-30-8-7-9-33-28(3)45(12-10-34(30)33)40(47)32(21-41)18-29-11-17-50-25-29/h7-9,18-20,23,28-29H,10-17,22,24-25H2,1-6H3/b32-18+. The van der Waals surface area contributed by atoms with Crippen molar-refractivity contribution in [2.45, 2.75) is 52.7 Å². The number of aryl methyl sites for hydroxylation is 1. The van der Waals surface area contributed by atoms with Crippen molar-refractivity contribution in [3.05, 3.63) is 91.9 Å². The van der Waals surface area contributed by atoms with E-state index in [1.54, 1.807) is 25.8 Å². The zero-order valence-corrected chi connectivity index (χ0v) is 30.3. The molecule has 1 aromatic heterocycles. The monoisotopic (exact) mass is 679 g/mol. The van der Waals surface area contributed by atoms with Crippen LogP contribution in [0.5, 0.6) is 11.5 Å². The van der Waals surface area contributed by atoms with Gasteiger partial charge in [-0.25, -0.2) is 0 Å². The van der Waals surface area contributed by atoms with Crippen LogP contribution in [-0.4, -0.2) is 85.3 Å². The van der Waals surface area contributed by atoms with Crippen LogP contribution in [0, 0.1) is 31.1 Å². The topological polar surface area (TPSA) is 100 Å². The third-order valence-electron chi connectivity index (χ3n) is 10.9. The van der Waals surface area contributed by atoms with E-state index in [4.69, 9.17) is 14.2 Å². The van der Waals surface area contributed by atoms with Crippen molar-refractivity contribution in [2.75, 3.05) is 60.2 Å². The SMILES string of the molecule is COc1cc(-c2cn(C)c(=O)c(C)c2C)cc(OC)c1CN1CCN(Cc2cccc3c2CCN(C(=O)/C(C#N)=C/C2CCOC2)C3C)CC1. The number of methoxy groups -OCH3 is 2. The summed E-state index contributed by atoms with van der Waals surface area (Å²) in [7, 11) is 5.17. The number of ether oxygens (including phenoxy) is 3. The van der Waals surface area contributed by atoms with Crippen LogP contribution in [0.4, 0.5) is 0 Å². The number of amides is 1. The molecule has 0 bridgehead atoms. The fourth-order valence-corrected chi connectivity index (χ4v) is 7.73. The van der Waals surface area contributed by atoms with E-state index in [0.717, 1.165) is 84.9 Å². The Labute approximate surface area is 295 Å². The minimum atomic E-state index is -0.181. The molecule has 264 valence electrons. The summed E-state index contributed by atoms with van der Waals surface area (Å²) < 4.78 is 18.9. The van der Waals surface area contributed by atoms with Crippen LogP contribution in [-0.2, 0) is 36.1 Å². The maximum Gasteiger partial charge on any atom is 0.264 e. The summed E-state index contributed by atoms with van der Waals surface area (Å²) in [6.45, 7) is 13.0. The van der Waals surface area contributed by atoms with E-state index in [1.165, 1.54) is 16.7 Å². The first-order valence-electron chi connectivity index (χ1n) is 17.6. The number of fused-ring (bicyclic) bond motifs is 1. The molecular weight excluding hydrogens is 630 g/mol. The molecule has 0 aliphatic carbocycles. The predicted octanol–water partition coefficient (Wildman–Crippen LogP) is 4.94. The van der Waals surface area contributed by atoms with E-state index in [1.807, 2.05) is 31.0 Å². The minimum absolute atomic E-state index is 0.00932. The molecule has 50 heavy (non-hydrogen) atoms. The van der Waals surface area contributed by atoms with Crippen molar-refractivity contribution in [3.63, 3.8) is 0 Å². The number of hydrogen-bond donors (Lipinski definition) is 0. The molecule has 2 unspecified atom stereocenters. The maximum absolute atomic E-state index is 13.5. The highest BCUT2D eigenvalue weighted by molar-refractivity contribution is 5.97. The van der Waals surface area contributed by atoms with Crippen molar-refractivity contribution in [1.29, 1.82) is 5.26 Å². The predicted molar refractivity (Wildman–Crippen MR) is 193 cm³/mol.